The van der Waals surface area contributed by atoms with Gasteiger partial charge in [-0.3, -0.25) is 0 Å². The summed E-state index contributed by atoms with van der Waals surface area (Å²) in [6, 6.07) is 11.1. The zero-order valence-electron chi connectivity index (χ0n) is 11.7. The minimum Gasteiger partial charge on any atom is -0.460 e. The van der Waals surface area contributed by atoms with Crippen molar-refractivity contribution in [2.45, 2.75) is 6.92 Å². The minimum absolute atomic E-state index is 0.0237. The first-order valence-electron chi connectivity index (χ1n) is 6.76. The Kier molecular flexibility index (Phi) is 3.86. The first kappa shape index (κ1) is 14.6. The zero-order valence-corrected chi connectivity index (χ0v) is 12.5. The molecule has 1 aromatic heterocycles. The van der Waals surface area contributed by atoms with Crippen molar-refractivity contribution in [1.29, 1.82) is 0 Å². The van der Waals surface area contributed by atoms with Crippen LogP contribution in [0.2, 0.25) is 5.02 Å². The van der Waals surface area contributed by atoms with Gasteiger partial charge in [-0.25, -0.2) is 9.18 Å². The maximum atomic E-state index is 13.6. The average Bonchev–Trinajstić information content (AvgIpc) is 2.86. The quantitative estimate of drug-likeness (QED) is 0.633. The Bertz CT molecular complexity index is 854. The van der Waals surface area contributed by atoms with Crippen molar-refractivity contribution in [3.05, 3.63) is 59.1 Å². The number of benzene rings is 2. The molecule has 3 rings (SSSR count). The summed E-state index contributed by atoms with van der Waals surface area (Å²) < 4.78 is 24.2. The molecule has 0 fully saturated rings. The van der Waals surface area contributed by atoms with Crippen molar-refractivity contribution in [1.82, 2.24) is 0 Å². The third-order valence-electron chi connectivity index (χ3n) is 3.25. The predicted octanol–water partition coefficient (Wildman–Crippen LogP) is 5.07. The topological polar surface area (TPSA) is 39.4 Å². The summed E-state index contributed by atoms with van der Waals surface area (Å²) in [6.07, 6.45) is 0. The van der Waals surface area contributed by atoms with Crippen LogP contribution in [0.3, 0.4) is 0 Å². The van der Waals surface area contributed by atoms with Crippen molar-refractivity contribution >= 4 is 28.5 Å². The van der Waals surface area contributed by atoms with Gasteiger partial charge in [0.15, 0.2) is 0 Å². The number of rotatable bonds is 3. The third kappa shape index (κ3) is 2.46. The van der Waals surface area contributed by atoms with Crippen LogP contribution < -0.4 is 0 Å². The van der Waals surface area contributed by atoms with Crippen LogP contribution in [0.15, 0.2) is 46.9 Å². The van der Waals surface area contributed by atoms with Crippen LogP contribution in [-0.4, -0.2) is 12.6 Å². The maximum absolute atomic E-state index is 13.6. The lowest BCUT2D eigenvalue weighted by Gasteiger charge is -2.05. The van der Waals surface area contributed by atoms with E-state index in [9.17, 15) is 9.18 Å². The van der Waals surface area contributed by atoms with Gasteiger partial charge < -0.3 is 9.15 Å². The van der Waals surface area contributed by atoms with E-state index in [0.717, 1.165) is 0 Å². The van der Waals surface area contributed by atoms with Gasteiger partial charge in [0.25, 0.3) is 0 Å². The van der Waals surface area contributed by atoms with E-state index in [0.29, 0.717) is 27.1 Å². The van der Waals surface area contributed by atoms with Gasteiger partial charge in [0, 0.05) is 21.5 Å². The first-order chi connectivity index (χ1) is 10.6. The minimum atomic E-state index is -0.603. The summed E-state index contributed by atoms with van der Waals surface area (Å²) in [6.45, 7) is 1.92. The number of ether oxygens (including phenoxy) is 1. The number of fused-ring (bicyclic) bond motifs is 1. The molecule has 3 nitrogen and oxygen atoms in total. The average molecular weight is 319 g/mol. The summed E-state index contributed by atoms with van der Waals surface area (Å²) >= 11 is 6.22. The Morgan fingerprint density at radius 3 is 2.77 bits per heavy atom. The van der Waals surface area contributed by atoms with Crippen molar-refractivity contribution in [2.75, 3.05) is 6.61 Å². The molecular formula is C17H12ClFO3. The molecule has 5 heteroatoms. The van der Waals surface area contributed by atoms with E-state index >= 15 is 0 Å². The fourth-order valence-corrected chi connectivity index (χ4v) is 2.57. The summed E-state index contributed by atoms with van der Waals surface area (Å²) in [7, 11) is 0. The molecule has 0 amide bonds. The van der Waals surface area contributed by atoms with Crippen LogP contribution in [-0.2, 0) is 4.74 Å². The second-order valence-electron chi connectivity index (χ2n) is 4.65. The van der Waals surface area contributed by atoms with Gasteiger partial charge in [-0.05, 0) is 31.2 Å². The number of hydrogen-bond acceptors (Lipinski definition) is 3. The molecular weight excluding hydrogens is 307 g/mol. The van der Waals surface area contributed by atoms with Gasteiger partial charge in [-0.15, -0.1) is 0 Å². The highest BCUT2D eigenvalue weighted by Crippen LogP contribution is 2.38. The van der Waals surface area contributed by atoms with E-state index in [4.69, 9.17) is 20.8 Å². The smallest absolute Gasteiger partial charge is 0.374 e. The Morgan fingerprint density at radius 1 is 1.27 bits per heavy atom. The molecule has 0 spiro atoms. The number of carbonyl (C=O) groups excluding carboxylic acids is 1. The normalized spacial score (nSPS) is 10.9. The number of esters is 1. The monoisotopic (exact) mass is 318 g/mol. The highest BCUT2D eigenvalue weighted by atomic mass is 35.5. The maximum Gasteiger partial charge on any atom is 0.374 e. The molecule has 0 atom stereocenters. The van der Waals surface area contributed by atoms with E-state index < -0.39 is 11.8 Å². The zero-order chi connectivity index (χ0) is 15.7. The van der Waals surface area contributed by atoms with Gasteiger partial charge >= 0.3 is 5.97 Å². The van der Waals surface area contributed by atoms with Gasteiger partial charge in [0.2, 0.25) is 5.76 Å². The fourth-order valence-electron chi connectivity index (χ4n) is 2.34. The highest BCUT2D eigenvalue weighted by molar-refractivity contribution is 6.34. The van der Waals surface area contributed by atoms with Crippen molar-refractivity contribution in [2.24, 2.45) is 0 Å². The van der Waals surface area contributed by atoms with Crippen molar-refractivity contribution in [3.8, 4) is 11.1 Å². The van der Waals surface area contributed by atoms with Crippen LogP contribution in [0.1, 0.15) is 17.5 Å². The molecule has 0 unspecified atom stereocenters. The van der Waals surface area contributed by atoms with E-state index in [2.05, 4.69) is 0 Å². The second kappa shape index (κ2) is 5.81. The number of furan rings is 1. The number of carbonyl (C=O) groups is 1. The largest absolute Gasteiger partial charge is 0.460 e. The van der Waals surface area contributed by atoms with Crippen LogP contribution in [0.4, 0.5) is 4.39 Å². The molecule has 1 heterocycles. The predicted molar refractivity (Wildman–Crippen MR) is 82.6 cm³/mol. The number of hydrogen-bond donors (Lipinski definition) is 0. The Balaban J connectivity index is 2.33. The Morgan fingerprint density at radius 2 is 2.05 bits per heavy atom. The van der Waals surface area contributed by atoms with Gasteiger partial charge in [-0.1, -0.05) is 29.8 Å². The molecule has 3 aromatic rings. The fraction of sp³-hybridized carbons (Fsp3) is 0.118. The molecule has 0 saturated heterocycles. The molecule has 112 valence electrons. The lowest BCUT2D eigenvalue weighted by molar-refractivity contribution is 0.0494. The lowest BCUT2D eigenvalue weighted by atomic mass is 10.0. The second-order valence-corrected chi connectivity index (χ2v) is 5.05. The molecule has 0 aliphatic carbocycles. The Labute approximate surface area is 131 Å². The van der Waals surface area contributed by atoms with Crippen LogP contribution in [0.25, 0.3) is 22.1 Å². The molecule has 0 bridgehead atoms. The summed E-state index contributed by atoms with van der Waals surface area (Å²) in [4.78, 5) is 12.2. The molecule has 2 aromatic carbocycles. The standard InChI is InChI=1S/C17H12ClFO3/c1-2-21-17(20)16-15(11-5-3-4-6-13(11)18)12-9-10(19)7-8-14(12)22-16/h3-9H,2H2,1H3. The van der Waals surface area contributed by atoms with E-state index in [1.807, 2.05) is 0 Å². The van der Waals surface area contributed by atoms with E-state index in [-0.39, 0.29) is 12.4 Å². The van der Waals surface area contributed by atoms with Crippen molar-refractivity contribution < 1.29 is 18.3 Å². The molecule has 0 N–H and O–H groups in total. The molecule has 0 aliphatic heterocycles. The third-order valence-corrected chi connectivity index (χ3v) is 3.58. The van der Waals surface area contributed by atoms with Crippen LogP contribution in [0.5, 0.6) is 0 Å². The van der Waals surface area contributed by atoms with Crippen LogP contribution in [0, 0.1) is 5.82 Å². The first-order valence-corrected chi connectivity index (χ1v) is 7.13. The van der Waals surface area contributed by atoms with Gasteiger partial charge in [-0.2, -0.15) is 0 Å². The Hall–Kier alpha value is -2.33. The SMILES string of the molecule is CCOC(=O)c1oc2ccc(F)cc2c1-c1ccccc1Cl. The molecule has 22 heavy (non-hydrogen) atoms. The molecule has 0 radical (unpaired) electrons. The summed E-state index contributed by atoms with van der Waals surface area (Å²) in [5, 5.41) is 0.927. The number of halogens is 2. The van der Waals surface area contributed by atoms with Crippen molar-refractivity contribution in [3.63, 3.8) is 0 Å². The van der Waals surface area contributed by atoms with Gasteiger partial charge in [0.05, 0.1) is 6.61 Å². The van der Waals surface area contributed by atoms with E-state index in [1.165, 1.54) is 18.2 Å². The van der Waals surface area contributed by atoms with E-state index in [1.54, 1.807) is 31.2 Å². The summed E-state index contributed by atoms with van der Waals surface area (Å²) in [5.74, 6) is -0.999. The summed E-state index contributed by atoms with van der Waals surface area (Å²) in [5.41, 5.74) is 1.44. The van der Waals surface area contributed by atoms with Crippen LogP contribution >= 0.6 is 11.6 Å². The highest BCUT2D eigenvalue weighted by Gasteiger charge is 2.24. The lowest BCUT2D eigenvalue weighted by Crippen LogP contribution is -2.04. The molecule has 0 aliphatic rings. The molecule has 0 saturated carbocycles. The van der Waals surface area contributed by atoms with Gasteiger partial charge in [0.1, 0.15) is 11.4 Å².